The number of hydrogen-bond acceptors (Lipinski definition) is 4. The van der Waals surface area contributed by atoms with Crippen LogP contribution in [0, 0.1) is 13.8 Å². The minimum atomic E-state index is -0.160. The molecular weight excluding hydrogens is 350 g/mol. The van der Waals surface area contributed by atoms with E-state index in [1.165, 1.54) is 0 Å². The number of nitrogens with one attached hydrogen (secondary N) is 1. The first-order valence-corrected chi connectivity index (χ1v) is 9.95. The molecule has 0 spiro atoms. The van der Waals surface area contributed by atoms with Gasteiger partial charge in [0.1, 0.15) is 5.52 Å². The Balaban J connectivity index is 1.40. The van der Waals surface area contributed by atoms with Crippen LogP contribution in [0.2, 0.25) is 0 Å². The molecule has 0 radical (unpaired) electrons. The summed E-state index contributed by atoms with van der Waals surface area (Å²) in [6.07, 6.45) is 1.93. The van der Waals surface area contributed by atoms with Crippen molar-refractivity contribution in [2.24, 2.45) is 0 Å². The molecule has 3 aromatic rings. The van der Waals surface area contributed by atoms with Gasteiger partial charge in [0, 0.05) is 18.8 Å². The molecule has 1 fully saturated rings. The number of likely N-dealkylation sites (tertiary alicyclic amines) is 1. The molecule has 0 bridgehead atoms. The van der Waals surface area contributed by atoms with Gasteiger partial charge in [0.2, 0.25) is 5.91 Å². The van der Waals surface area contributed by atoms with Gasteiger partial charge >= 0.3 is 0 Å². The van der Waals surface area contributed by atoms with Crippen molar-refractivity contribution in [2.45, 2.75) is 45.7 Å². The monoisotopic (exact) mass is 377 g/mol. The van der Waals surface area contributed by atoms with E-state index in [1.807, 2.05) is 61.9 Å². The Morgan fingerprint density at radius 3 is 2.46 bits per heavy atom. The first-order valence-electron chi connectivity index (χ1n) is 9.95. The maximum Gasteiger partial charge on any atom is 0.241 e. The van der Waals surface area contributed by atoms with Crippen LogP contribution in [0.4, 0.5) is 5.69 Å². The predicted molar refractivity (Wildman–Crippen MR) is 111 cm³/mol. The molecule has 2 heterocycles. The van der Waals surface area contributed by atoms with Gasteiger partial charge in [0.15, 0.2) is 0 Å². The fraction of sp³-hybridized carbons (Fsp3) is 0.409. The van der Waals surface area contributed by atoms with Crippen LogP contribution >= 0.6 is 0 Å². The van der Waals surface area contributed by atoms with Crippen LogP contribution in [0.1, 0.15) is 36.9 Å². The van der Waals surface area contributed by atoms with Crippen LogP contribution in [0.25, 0.3) is 11.0 Å². The van der Waals surface area contributed by atoms with E-state index in [9.17, 15) is 4.79 Å². The lowest BCUT2D eigenvalue weighted by Gasteiger charge is -2.35. The van der Waals surface area contributed by atoms with E-state index in [2.05, 4.69) is 26.6 Å². The Morgan fingerprint density at radius 1 is 1.07 bits per heavy atom. The van der Waals surface area contributed by atoms with Gasteiger partial charge in [-0.1, -0.05) is 35.5 Å². The molecule has 1 N–H and O–H groups in total. The van der Waals surface area contributed by atoms with Gasteiger partial charge in [-0.2, -0.15) is 0 Å². The molecule has 1 amide bonds. The van der Waals surface area contributed by atoms with Crippen LogP contribution in [0.5, 0.6) is 0 Å². The fourth-order valence-electron chi connectivity index (χ4n) is 4.08. The molecule has 1 aliphatic rings. The molecule has 2 aromatic carbocycles. The second kappa shape index (κ2) is 7.72. The Labute approximate surface area is 165 Å². The Bertz CT molecular complexity index is 967. The highest BCUT2D eigenvalue weighted by atomic mass is 16.2. The number of fused-ring (bicyclic) bond motifs is 1. The Morgan fingerprint density at radius 2 is 1.75 bits per heavy atom. The van der Waals surface area contributed by atoms with Crippen LogP contribution < -0.4 is 5.32 Å². The Kier molecular flexibility index (Phi) is 5.13. The second-order valence-corrected chi connectivity index (χ2v) is 7.72. The van der Waals surface area contributed by atoms with Gasteiger partial charge in [-0.25, -0.2) is 4.68 Å². The lowest BCUT2D eigenvalue weighted by molar-refractivity contribution is -0.121. The van der Waals surface area contributed by atoms with Crippen molar-refractivity contribution in [3.63, 3.8) is 0 Å². The average Bonchev–Trinajstić information content (AvgIpc) is 3.14. The molecule has 28 heavy (non-hydrogen) atoms. The molecule has 1 aliphatic heterocycles. The molecule has 1 saturated heterocycles. The number of aromatic nitrogens is 3. The van der Waals surface area contributed by atoms with E-state index in [0.717, 1.165) is 53.8 Å². The largest absolute Gasteiger partial charge is 0.324 e. The third-order valence-electron chi connectivity index (χ3n) is 5.88. The highest BCUT2D eigenvalue weighted by molar-refractivity contribution is 5.95. The summed E-state index contributed by atoms with van der Waals surface area (Å²) in [7, 11) is 0. The highest BCUT2D eigenvalue weighted by Gasteiger charge is 2.28. The number of para-hydroxylation sites is 2. The minimum Gasteiger partial charge on any atom is -0.324 e. The fourth-order valence-corrected chi connectivity index (χ4v) is 4.08. The third-order valence-corrected chi connectivity index (χ3v) is 5.88. The van der Waals surface area contributed by atoms with Gasteiger partial charge in [-0.05, 0) is 56.9 Å². The molecule has 1 unspecified atom stereocenters. The maximum absolute atomic E-state index is 12.8. The first-order chi connectivity index (χ1) is 13.5. The number of amides is 1. The smallest absolute Gasteiger partial charge is 0.241 e. The van der Waals surface area contributed by atoms with E-state index in [-0.39, 0.29) is 11.9 Å². The topological polar surface area (TPSA) is 63.1 Å². The number of nitrogens with zero attached hydrogens (tertiary/aromatic N) is 4. The quantitative estimate of drug-likeness (QED) is 0.753. The van der Waals surface area contributed by atoms with Crippen LogP contribution in [-0.4, -0.2) is 44.9 Å². The number of carbonyl (C=O) groups excluding carboxylic acids is 1. The molecule has 6 heteroatoms. The van der Waals surface area contributed by atoms with Crippen molar-refractivity contribution in [1.29, 1.82) is 0 Å². The molecule has 6 nitrogen and oxygen atoms in total. The number of aryl methyl sites for hydroxylation is 2. The minimum absolute atomic E-state index is 0.0575. The van der Waals surface area contributed by atoms with Gasteiger partial charge in [-0.15, -0.1) is 5.10 Å². The van der Waals surface area contributed by atoms with Crippen LogP contribution in [0.3, 0.4) is 0 Å². The lowest BCUT2D eigenvalue weighted by Crippen LogP contribution is -2.46. The average molecular weight is 377 g/mol. The van der Waals surface area contributed by atoms with Crippen LogP contribution in [-0.2, 0) is 4.79 Å². The number of hydrogen-bond donors (Lipinski definition) is 1. The number of anilines is 1. The number of rotatable bonds is 4. The number of benzene rings is 2. The summed E-state index contributed by atoms with van der Waals surface area (Å²) in [4.78, 5) is 15.1. The number of piperidine rings is 1. The molecule has 0 saturated carbocycles. The van der Waals surface area contributed by atoms with E-state index in [0.29, 0.717) is 6.04 Å². The van der Waals surface area contributed by atoms with E-state index >= 15 is 0 Å². The zero-order valence-electron chi connectivity index (χ0n) is 16.7. The number of carbonyl (C=O) groups is 1. The second-order valence-electron chi connectivity index (χ2n) is 7.72. The summed E-state index contributed by atoms with van der Waals surface area (Å²) in [5, 5.41) is 11.8. The molecule has 1 atom stereocenters. The van der Waals surface area contributed by atoms with Crippen molar-refractivity contribution < 1.29 is 4.79 Å². The summed E-state index contributed by atoms with van der Waals surface area (Å²) in [6, 6.07) is 14.3. The van der Waals surface area contributed by atoms with Crippen molar-refractivity contribution in [1.82, 2.24) is 19.9 Å². The predicted octanol–water partition coefficient (Wildman–Crippen LogP) is 3.71. The highest BCUT2D eigenvalue weighted by Crippen LogP contribution is 2.27. The summed E-state index contributed by atoms with van der Waals surface area (Å²) in [6.45, 7) is 7.80. The van der Waals surface area contributed by atoms with Gasteiger partial charge < -0.3 is 5.32 Å². The lowest BCUT2D eigenvalue weighted by atomic mass is 10.0. The normalized spacial score (nSPS) is 17.0. The SMILES string of the molecule is Cc1cccc(C)c1NC(=O)C(C)N1CCC(n2nnc3ccccc32)CC1. The molecule has 4 rings (SSSR count). The summed E-state index contributed by atoms with van der Waals surface area (Å²) >= 11 is 0. The standard InChI is InChI=1S/C22H27N5O/c1-15-7-6-8-16(2)21(15)23-22(28)17(3)26-13-11-18(12-14-26)27-20-10-5-4-9-19(20)24-25-27/h4-10,17-18H,11-14H2,1-3H3,(H,23,28). The van der Waals surface area contributed by atoms with Crippen molar-refractivity contribution >= 4 is 22.6 Å². The third kappa shape index (κ3) is 3.52. The van der Waals surface area contributed by atoms with Crippen molar-refractivity contribution in [3.8, 4) is 0 Å². The van der Waals surface area contributed by atoms with Crippen molar-refractivity contribution in [2.75, 3.05) is 18.4 Å². The van der Waals surface area contributed by atoms with Crippen molar-refractivity contribution in [3.05, 3.63) is 53.6 Å². The van der Waals surface area contributed by atoms with Crippen LogP contribution in [0.15, 0.2) is 42.5 Å². The van der Waals surface area contributed by atoms with Gasteiger partial charge in [-0.3, -0.25) is 9.69 Å². The van der Waals surface area contributed by atoms with E-state index < -0.39 is 0 Å². The zero-order valence-corrected chi connectivity index (χ0v) is 16.7. The molecule has 1 aromatic heterocycles. The first kappa shape index (κ1) is 18.6. The summed E-state index contributed by atoms with van der Waals surface area (Å²) < 4.78 is 2.05. The molecular formula is C22H27N5O. The maximum atomic E-state index is 12.8. The Hall–Kier alpha value is -2.73. The zero-order chi connectivity index (χ0) is 19.7. The van der Waals surface area contributed by atoms with E-state index in [4.69, 9.17) is 0 Å². The molecule has 146 valence electrons. The summed E-state index contributed by atoms with van der Waals surface area (Å²) in [5.41, 5.74) is 5.14. The van der Waals surface area contributed by atoms with Gasteiger partial charge in [0.25, 0.3) is 0 Å². The summed E-state index contributed by atoms with van der Waals surface area (Å²) in [5.74, 6) is 0.0575. The van der Waals surface area contributed by atoms with E-state index in [1.54, 1.807) is 0 Å². The van der Waals surface area contributed by atoms with Gasteiger partial charge in [0.05, 0.1) is 17.6 Å². The molecule has 0 aliphatic carbocycles.